The third-order valence-corrected chi connectivity index (χ3v) is 1.78. The van der Waals surface area contributed by atoms with Gasteiger partial charge in [0.25, 0.3) is 0 Å². The van der Waals surface area contributed by atoms with Crippen LogP contribution in [0.5, 0.6) is 6.01 Å². The molecule has 1 heterocycles. The summed E-state index contributed by atoms with van der Waals surface area (Å²) in [6.45, 7) is 2.22. The molecule has 0 aromatic carbocycles. The Morgan fingerprint density at radius 1 is 1.12 bits per heavy atom. The zero-order valence-corrected chi connectivity index (χ0v) is 9.97. The van der Waals surface area contributed by atoms with Crippen molar-refractivity contribution in [3.8, 4) is 6.01 Å². The van der Waals surface area contributed by atoms with Gasteiger partial charge in [0.15, 0.2) is 0 Å². The molecule has 0 saturated heterocycles. The van der Waals surface area contributed by atoms with Gasteiger partial charge in [-0.3, -0.25) is 0 Å². The molecule has 3 N–H and O–H groups in total. The van der Waals surface area contributed by atoms with E-state index in [1.54, 1.807) is 7.11 Å². The summed E-state index contributed by atoms with van der Waals surface area (Å²) in [6, 6.07) is 0.181. The fraction of sp³-hybridized carbons (Fsp3) is 0.667. The molecule has 0 saturated carbocycles. The largest absolute Gasteiger partial charge is 0.467 e. The second-order valence-electron chi connectivity index (χ2n) is 3.04. The first-order valence-corrected chi connectivity index (χ1v) is 5.12. The molecule has 0 fully saturated rings. The summed E-state index contributed by atoms with van der Waals surface area (Å²) < 4.78 is 15.0. The van der Waals surface area contributed by atoms with Gasteiger partial charge in [0.2, 0.25) is 11.9 Å². The highest BCUT2D eigenvalue weighted by Gasteiger charge is 2.03. The van der Waals surface area contributed by atoms with E-state index in [-0.39, 0.29) is 12.0 Å². The number of hydrogen-bond donors (Lipinski definition) is 2. The number of methoxy groups -OCH3 is 2. The topological polar surface area (TPSA) is 104 Å². The van der Waals surface area contributed by atoms with E-state index in [0.717, 1.165) is 0 Å². The highest BCUT2D eigenvalue weighted by Crippen LogP contribution is 2.07. The first-order chi connectivity index (χ1) is 8.26. The van der Waals surface area contributed by atoms with E-state index >= 15 is 0 Å². The lowest BCUT2D eigenvalue weighted by molar-refractivity contribution is 0.0758. The van der Waals surface area contributed by atoms with E-state index in [0.29, 0.717) is 32.3 Å². The summed E-state index contributed by atoms with van der Waals surface area (Å²) in [5.41, 5.74) is 5.47. The molecule has 1 aromatic rings. The van der Waals surface area contributed by atoms with Crippen LogP contribution in [-0.4, -0.2) is 55.5 Å². The van der Waals surface area contributed by atoms with Crippen molar-refractivity contribution in [1.29, 1.82) is 0 Å². The van der Waals surface area contributed by atoms with Crippen LogP contribution in [0.3, 0.4) is 0 Å². The molecule has 0 atom stereocenters. The normalized spacial score (nSPS) is 10.2. The van der Waals surface area contributed by atoms with Gasteiger partial charge in [0.05, 0.1) is 26.9 Å². The molecule has 0 aliphatic heterocycles. The molecular formula is C9H17N5O3. The highest BCUT2D eigenvalue weighted by atomic mass is 16.5. The average Bonchev–Trinajstić information content (AvgIpc) is 2.33. The van der Waals surface area contributed by atoms with E-state index < -0.39 is 0 Å². The van der Waals surface area contributed by atoms with Crippen LogP contribution in [0.25, 0.3) is 0 Å². The summed E-state index contributed by atoms with van der Waals surface area (Å²) in [5.74, 6) is 0.476. The number of aromatic nitrogens is 3. The van der Waals surface area contributed by atoms with Crippen molar-refractivity contribution in [1.82, 2.24) is 15.0 Å². The Morgan fingerprint density at radius 3 is 2.65 bits per heavy atom. The second kappa shape index (κ2) is 7.58. The van der Waals surface area contributed by atoms with Gasteiger partial charge in [-0.1, -0.05) is 0 Å². The molecule has 0 aliphatic carbocycles. The maximum atomic E-state index is 5.47. The van der Waals surface area contributed by atoms with E-state index in [9.17, 15) is 0 Å². The Morgan fingerprint density at radius 2 is 1.94 bits per heavy atom. The summed E-state index contributed by atoms with van der Waals surface area (Å²) in [4.78, 5) is 11.6. The summed E-state index contributed by atoms with van der Waals surface area (Å²) in [7, 11) is 3.09. The third-order valence-electron chi connectivity index (χ3n) is 1.78. The molecule has 0 aliphatic rings. The summed E-state index contributed by atoms with van der Waals surface area (Å²) in [5, 5.41) is 2.95. The highest BCUT2D eigenvalue weighted by molar-refractivity contribution is 5.32. The number of nitrogens with one attached hydrogen (secondary N) is 1. The van der Waals surface area contributed by atoms with E-state index in [1.165, 1.54) is 7.11 Å². The lowest BCUT2D eigenvalue weighted by atomic mass is 10.6. The van der Waals surface area contributed by atoms with Gasteiger partial charge in [-0.2, -0.15) is 15.0 Å². The number of nitrogens with zero attached hydrogens (tertiary/aromatic N) is 3. The van der Waals surface area contributed by atoms with Gasteiger partial charge in [-0.05, 0) is 0 Å². The van der Waals surface area contributed by atoms with Crippen LogP contribution < -0.4 is 15.8 Å². The molecule has 96 valence electrons. The Kier molecular flexibility index (Phi) is 5.97. The number of anilines is 2. The molecule has 8 heteroatoms. The summed E-state index contributed by atoms with van der Waals surface area (Å²) >= 11 is 0. The SMILES string of the molecule is COCCOCCNc1nc(N)nc(OC)n1. The molecule has 8 nitrogen and oxygen atoms in total. The number of nitrogens with two attached hydrogens (primary N) is 1. The van der Waals surface area contributed by atoms with Crippen LogP contribution in [0, 0.1) is 0 Å². The Labute approximate surface area is 99.5 Å². The Hall–Kier alpha value is -1.67. The molecule has 0 bridgehead atoms. The van der Waals surface area contributed by atoms with Gasteiger partial charge in [0, 0.05) is 13.7 Å². The first kappa shape index (κ1) is 13.4. The van der Waals surface area contributed by atoms with Crippen molar-refractivity contribution in [3.63, 3.8) is 0 Å². The van der Waals surface area contributed by atoms with Crippen LogP contribution in [0.1, 0.15) is 0 Å². The fourth-order valence-electron chi connectivity index (χ4n) is 1.02. The Bertz CT molecular complexity index is 336. The van der Waals surface area contributed by atoms with Crippen molar-refractivity contribution < 1.29 is 14.2 Å². The minimum atomic E-state index is 0.111. The van der Waals surface area contributed by atoms with Crippen molar-refractivity contribution in [2.24, 2.45) is 0 Å². The standard InChI is InChI=1S/C9H17N5O3/c1-15-5-6-17-4-3-11-8-12-7(10)13-9(14-8)16-2/h3-6H2,1-2H3,(H3,10,11,12,13,14). The van der Waals surface area contributed by atoms with Gasteiger partial charge in [0.1, 0.15) is 0 Å². The van der Waals surface area contributed by atoms with E-state index in [1.807, 2.05) is 0 Å². The van der Waals surface area contributed by atoms with Crippen LogP contribution in [0.2, 0.25) is 0 Å². The first-order valence-electron chi connectivity index (χ1n) is 5.12. The Balaban J connectivity index is 2.28. The maximum Gasteiger partial charge on any atom is 0.322 e. The number of nitrogen functional groups attached to an aromatic ring is 1. The predicted octanol–water partition coefficient (Wildman–Crippen LogP) is -0.463. The van der Waals surface area contributed by atoms with Gasteiger partial charge < -0.3 is 25.3 Å². The molecule has 1 rings (SSSR count). The molecule has 1 aromatic heterocycles. The van der Waals surface area contributed by atoms with Crippen LogP contribution in [0.15, 0.2) is 0 Å². The maximum absolute atomic E-state index is 5.47. The molecular weight excluding hydrogens is 226 g/mol. The smallest absolute Gasteiger partial charge is 0.322 e. The zero-order chi connectivity index (χ0) is 12.5. The number of ether oxygens (including phenoxy) is 3. The van der Waals surface area contributed by atoms with Crippen LogP contribution >= 0.6 is 0 Å². The number of hydrogen-bond acceptors (Lipinski definition) is 8. The van der Waals surface area contributed by atoms with Crippen molar-refractivity contribution in [3.05, 3.63) is 0 Å². The van der Waals surface area contributed by atoms with Gasteiger partial charge in [-0.15, -0.1) is 0 Å². The summed E-state index contributed by atoms with van der Waals surface area (Å²) in [6.07, 6.45) is 0. The molecule has 17 heavy (non-hydrogen) atoms. The number of rotatable bonds is 8. The van der Waals surface area contributed by atoms with Crippen LogP contribution in [0.4, 0.5) is 11.9 Å². The lowest BCUT2D eigenvalue weighted by Gasteiger charge is -2.07. The minimum absolute atomic E-state index is 0.111. The molecule has 0 spiro atoms. The predicted molar refractivity (Wildman–Crippen MR) is 62.0 cm³/mol. The van der Waals surface area contributed by atoms with Gasteiger partial charge >= 0.3 is 6.01 Å². The van der Waals surface area contributed by atoms with Crippen molar-refractivity contribution in [2.75, 3.05) is 51.6 Å². The quantitative estimate of drug-likeness (QED) is 0.591. The van der Waals surface area contributed by atoms with E-state index in [2.05, 4.69) is 20.3 Å². The average molecular weight is 243 g/mol. The minimum Gasteiger partial charge on any atom is -0.467 e. The van der Waals surface area contributed by atoms with Crippen molar-refractivity contribution >= 4 is 11.9 Å². The van der Waals surface area contributed by atoms with Crippen LogP contribution in [-0.2, 0) is 9.47 Å². The zero-order valence-electron chi connectivity index (χ0n) is 9.97. The molecule has 0 amide bonds. The molecule has 0 radical (unpaired) electrons. The second-order valence-corrected chi connectivity index (χ2v) is 3.04. The third kappa shape index (κ3) is 5.27. The van der Waals surface area contributed by atoms with E-state index in [4.69, 9.17) is 19.9 Å². The molecule has 0 unspecified atom stereocenters. The van der Waals surface area contributed by atoms with Crippen molar-refractivity contribution in [2.45, 2.75) is 0 Å². The lowest BCUT2D eigenvalue weighted by Crippen LogP contribution is -2.14. The van der Waals surface area contributed by atoms with Gasteiger partial charge in [-0.25, -0.2) is 0 Å². The fourth-order valence-corrected chi connectivity index (χ4v) is 1.02. The monoisotopic (exact) mass is 243 g/mol.